The highest BCUT2D eigenvalue weighted by molar-refractivity contribution is 7.99. The van der Waals surface area contributed by atoms with Crippen molar-refractivity contribution in [3.05, 3.63) is 54.1 Å². The summed E-state index contributed by atoms with van der Waals surface area (Å²) in [7, 11) is 3.09. The quantitative estimate of drug-likeness (QED) is 0.486. The number of methoxy groups -OCH3 is 1. The third kappa shape index (κ3) is 4.32. The average molecular weight is 398 g/mol. The first-order chi connectivity index (χ1) is 13.5. The van der Waals surface area contributed by atoms with Gasteiger partial charge in [-0.3, -0.25) is 4.79 Å². The number of aromatic nitrogens is 3. The summed E-state index contributed by atoms with van der Waals surface area (Å²) in [5, 5.41) is 20.9. The SMILES string of the molecule is COC(=O)c1ccccc1NC(=O)CSc1nnc(-c2ccc(O)cc2)n1C. The minimum absolute atomic E-state index is 0.0943. The first-order valence-corrected chi connectivity index (χ1v) is 9.27. The molecular formula is C19H18N4O4S. The van der Waals surface area contributed by atoms with E-state index in [9.17, 15) is 14.7 Å². The zero-order chi connectivity index (χ0) is 20.1. The molecule has 0 radical (unpaired) electrons. The lowest BCUT2D eigenvalue weighted by Crippen LogP contribution is -2.17. The van der Waals surface area contributed by atoms with Crippen LogP contribution in [0.25, 0.3) is 11.4 Å². The van der Waals surface area contributed by atoms with Gasteiger partial charge in [-0.2, -0.15) is 0 Å². The summed E-state index contributed by atoms with van der Waals surface area (Å²) in [6.45, 7) is 0. The summed E-state index contributed by atoms with van der Waals surface area (Å²) < 4.78 is 6.49. The Hall–Kier alpha value is -3.33. The molecule has 144 valence electrons. The molecular weight excluding hydrogens is 380 g/mol. The molecule has 3 aromatic rings. The molecule has 2 aromatic carbocycles. The fourth-order valence-corrected chi connectivity index (χ4v) is 3.21. The molecule has 3 rings (SSSR count). The van der Waals surface area contributed by atoms with Crippen LogP contribution in [-0.2, 0) is 16.6 Å². The highest BCUT2D eigenvalue weighted by Crippen LogP contribution is 2.24. The van der Waals surface area contributed by atoms with Crippen LogP contribution in [0.1, 0.15) is 10.4 Å². The van der Waals surface area contributed by atoms with Crippen molar-refractivity contribution in [3.63, 3.8) is 0 Å². The number of hydrogen-bond acceptors (Lipinski definition) is 7. The van der Waals surface area contributed by atoms with Crippen molar-refractivity contribution in [3.8, 4) is 17.1 Å². The third-order valence-corrected chi connectivity index (χ3v) is 4.92. The van der Waals surface area contributed by atoms with Crippen molar-refractivity contribution in [2.45, 2.75) is 5.16 Å². The topological polar surface area (TPSA) is 106 Å². The smallest absolute Gasteiger partial charge is 0.339 e. The molecule has 9 heteroatoms. The van der Waals surface area contributed by atoms with Crippen LogP contribution in [0.15, 0.2) is 53.7 Å². The predicted octanol–water partition coefficient (Wildman–Crippen LogP) is 2.71. The fraction of sp³-hybridized carbons (Fsp3) is 0.158. The van der Waals surface area contributed by atoms with Gasteiger partial charge in [-0.05, 0) is 36.4 Å². The predicted molar refractivity (Wildman–Crippen MR) is 105 cm³/mol. The Balaban J connectivity index is 1.66. The monoisotopic (exact) mass is 398 g/mol. The number of thioether (sulfide) groups is 1. The molecule has 1 aromatic heterocycles. The maximum atomic E-state index is 12.3. The number of phenols is 1. The van der Waals surface area contributed by atoms with E-state index in [1.165, 1.54) is 18.9 Å². The summed E-state index contributed by atoms with van der Waals surface area (Å²) in [5.41, 5.74) is 1.48. The molecule has 28 heavy (non-hydrogen) atoms. The number of nitrogens with zero attached hydrogens (tertiary/aromatic N) is 3. The number of amides is 1. The van der Waals surface area contributed by atoms with E-state index in [2.05, 4.69) is 15.5 Å². The van der Waals surface area contributed by atoms with Gasteiger partial charge >= 0.3 is 5.97 Å². The molecule has 0 aliphatic carbocycles. The summed E-state index contributed by atoms with van der Waals surface area (Å²) in [4.78, 5) is 24.1. The standard InChI is InChI=1S/C19H18N4O4S/c1-23-17(12-7-9-13(24)10-8-12)21-22-19(23)28-11-16(25)20-15-6-4-3-5-14(15)18(26)27-2/h3-10,24H,11H2,1-2H3,(H,20,25). The van der Waals surface area contributed by atoms with Crippen LogP contribution in [0.5, 0.6) is 5.75 Å². The van der Waals surface area contributed by atoms with E-state index >= 15 is 0 Å². The maximum absolute atomic E-state index is 12.3. The minimum atomic E-state index is -0.518. The number of aromatic hydroxyl groups is 1. The molecule has 0 fully saturated rings. The average Bonchev–Trinajstić information content (AvgIpc) is 3.07. The first-order valence-electron chi connectivity index (χ1n) is 8.28. The molecule has 8 nitrogen and oxygen atoms in total. The number of benzene rings is 2. The zero-order valence-electron chi connectivity index (χ0n) is 15.2. The van der Waals surface area contributed by atoms with Crippen LogP contribution < -0.4 is 5.32 Å². The minimum Gasteiger partial charge on any atom is -0.508 e. The number of nitrogens with one attached hydrogen (secondary N) is 1. The van der Waals surface area contributed by atoms with Crippen molar-refractivity contribution in [2.75, 3.05) is 18.2 Å². The van der Waals surface area contributed by atoms with Gasteiger partial charge in [0.15, 0.2) is 11.0 Å². The Bertz CT molecular complexity index is 1000. The summed E-state index contributed by atoms with van der Waals surface area (Å²) in [5.74, 6) is 0.0890. The van der Waals surface area contributed by atoms with Gasteiger partial charge in [-0.1, -0.05) is 23.9 Å². The number of ether oxygens (including phenoxy) is 1. The van der Waals surface area contributed by atoms with Crippen LogP contribution >= 0.6 is 11.8 Å². The van der Waals surface area contributed by atoms with Crippen LogP contribution in [-0.4, -0.2) is 44.6 Å². The van der Waals surface area contributed by atoms with Gasteiger partial charge in [0.05, 0.1) is 24.1 Å². The van der Waals surface area contributed by atoms with E-state index in [0.29, 0.717) is 16.7 Å². The molecule has 0 saturated heterocycles. The van der Waals surface area contributed by atoms with Crippen LogP contribution in [0, 0.1) is 0 Å². The molecule has 0 aliphatic heterocycles. The lowest BCUT2D eigenvalue weighted by molar-refractivity contribution is -0.113. The van der Waals surface area contributed by atoms with Gasteiger partial charge in [0.2, 0.25) is 5.91 Å². The molecule has 0 aliphatic rings. The number of anilines is 1. The van der Waals surface area contributed by atoms with E-state index in [4.69, 9.17) is 4.74 Å². The largest absolute Gasteiger partial charge is 0.508 e. The normalized spacial score (nSPS) is 10.5. The Labute approximate surface area is 165 Å². The van der Waals surface area contributed by atoms with E-state index in [1.807, 2.05) is 0 Å². The number of phenolic OH excluding ortho intramolecular Hbond substituents is 1. The van der Waals surface area contributed by atoms with Crippen molar-refractivity contribution < 1.29 is 19.4 Å². The van der Waals surface area contributed by atoms with Gasteiger partial charge in [0.1, 0.15) is 5.75 Å². The molecule has 0 spiro atoms. The highest BCUT2D eigenvalue weighted by Gasteiger charge is 2.16. The fourth-order valence-electron chi connectivity index (χ4n) is 2.50. The van der Waals surface area contributed by atoms with Crippen molar-refractivity contribution in [2.24, 2.45) is 7.05 Å². The zero-order valence-corrected chi connectivity index (χ0v) is 16.1. The van der Waals surface area contributed by atoms with Gasteiger partial charge in [-0.25, -0.2) is 4.79 Å². The van der Waals surface area contributed by atoms with Gasteiger partial charge in [-0.15, -0.1) is 10.2 Å². The summed E-state index contributed by atoms with van der Waals surface area (Å²) in [6.07, 6.45) is 0. The second-order valence-corrected chi connectivity index (χ2v) is 6.73. The van der Waals surface area contributed by atoms with E-state index < -0.39 is 5.97 Å². The molecule has 1 amide bonds. The third-order valence-electron chi connectivity index (χ3n) is 3.90. The Morgan fingerprint density at radius 2 is 1.86 bits per heavy atom. The van der Waals surface area contributed by atoms with E-state index in [0.717, 1.165) is 5.56 Å². The number of carbonyl (C=O) groups excluding carboxylic acids is 2. The molecule has 1 heterocycles. The van der Waals surface area contributed by atoms with Gasteiger partial charge in [0, 0.05) is 12.6 Å². The van der Waals surface area contributed by atoms with E-state index in [-0.39, 0.29) is 23.0 Å². The van der Waals surface area contributed by atoms with Crippen molar-refractivity contribution >= 4 is 29.3 Å². The second-order valence-electron chi connectivity index (χ2n) is 5.79. The number of hydrogen-bond donors (Lipinski definition) is 2. The molecule has 0 atom stereocenters. The lowest BCUT2D eigenvalue weighted by Gasteiger charge is -2.09. The van der Waals surface area contributed by atoms with Crippen molar-refractivity contribution in [1.29, 1.82) is 0 Å². The number of esters is 1. The molecule has 0 bridgehead atoms. The lowest BCUT2D eigenvalue weighted by atomic mass is 10.2. The molecule has 2 N–H and O–H groups in total. The van der Waals surface area contributed by atoms with Crippen LogP contribution in [0.2, 0.25) is 0 Å². The van der Waals surface area contributed by atoms with Gasteiger partial charge < -0.3 is 19.7 Å². The Morgan fingerprint density at radius 3 is 2.57 bits per heavy atom. The molecule has 0 saturated carbocycles. The number of para-hydroxylation sites is 1. The summed E-state index contributed by atoms with van der Waals surface area (Å²) in [6, 6.07) is 13.3. The highest BCUT2D eigenvalue weighted by atomic mass is 32.2. The first kappa shape index (κ1) is 19.4. The maximum Gasteiger partial charge on any atom is 0.339 e. The second kappa shape index (κ2) is 8.57. The Kier molecular flexibility index (Phi) is 5.95. The molecule has 0 unspecified atom stereocenters. The summed E-state index contributed by atoms with van der Waals surface area (Å²) >= 11 is 1.22. The van der Waals surface area contributed by atoms with Crippen molar-refractivity contribution in [1.82, 2.24) is 14.8 Å². The van der Waals surface area contributed by atoms with Crippen LogP contribution in [0.3, 0.4) is 0 Å². The van der Waals surface area contributed by atoms with Crippen LogP contribution in [0.4, 0.5) is 5.69 Å². The number of carbonyl (C=O) groups is 2. The van der Waals surface area contributed by atoms with Gasteiger partial charge in [0.25, 0.3) is 0 Å². The Morgan fingerprint density at radius 1 is 1.14 bits per heavy atom. The van der Waals surface area contributed by atoms with E-state index in [1.54, 1.807) is 60.1 Å². The number of rotatable bonds is 6.